The van der Waals surface area contributed by atoms with Crippen molar-refractivity contribution in [3.05, 3.63) is 108 Å². The minimum atomic E-state index is -2.68. The van der Waals surface area contributed by atoms with Crippen LogP contribution in [0.25, 0.3) is 0 Å². The van der Waals surface area contributed by atoms with Crippen molar-refractivity contribution < 1.29 is 23.4 Å². The Labute approximate surface area is 257 Å². The highest BCUT2D eigenvalue weighted by Crippen LogP contribution is 2.38. The molecule has 1 unspecified atom stereocenters. The van der Waals surface area contributed by atoms with E-state index < -0.39 is 8.32 Å². The van der Waals surface area contributed by atoms with Crippen molar-refractivity contribution in [2.45, 2.75) is 44.7 Å². The second-order valence-electron chi connectivity index (χ2n) is 11.7. The van der Waals surface area contributed by atoms with Crippen molar-refractivity contribution >= 4 is 18.7 Å². The smallest absolute Gasteiger partial charge is 0.261 e. The molecule has 228 valence electrons. The van der Waals surface area contributed by atoms with Crippen LogP contribution in [0.2, 0.25) is 5.04 Å². The molecule has 7 heteroatoms. The lowest BCUT2D eigenvalue weighted by Crippen LogP contribution is -2.66. The Morgan fingerprint density at radius 1 is 0.651 bits per heavy atom. The first kappa shape index (κ1) is 32.1. The molecule has 6 nitrogen and oxygen atoms in total. The first-order valence-electron chi connectivity index (χ1n) is 14.6. The number of hydrogen-bond acceptors (Lipinski definition) is 6. The third-order valence-electron chi connectivity index (χ3n) is 8.06. The van der Waals surface area contributed by atoms with Crippen molar-refractivity contribution in [3.63, 3.8) is 0 Å². The van der Waals surface area contributed by atoms with Crippen LogP contribution in [0, 0.1) is 0 Å². The number of nitrogens with two attached hydrogens (primary N) is 1. The normalized spacial score (nSPS) is 12.5. The van der Waals surface area contributed by atoms with Crippen LogP contribution in [-0.4, -0.2) is 43.4 Å². The second kappa shape index (κ2) is 14.1. The maximum absolute atomic E-state index is 7.20. The van der Waals surface area contributed by atoms with E-state index in [1.807, 2.05) is 30.3 Å². The predicted molar refractivity (Wildman–Crippen MR) is 177 cm³/mol. The molecule has 0 amide bonds. The van der Waals surface area contributed by atoms with Crippen molar-refractivity contribution in [1.82, 2.24) is 0 Å². The molecule has 0 heterocycles. The van der Waals surface area contributed by atoms with E-state index >= 15 is 0 Å². The molecular weight excluding hydrogens is 554 g/mol. The lowest BCUT2D eigenvalue weighted by Gasteiger charge is -2.43. The summed E-state index contributed by atoms with van der Waals surface area (Å²) in [7, 11) is 3.89. The van der Waals surface area contributed by atoms with Gasteiger partial charge in [0.15, 0.2) is 23.0 Å². The summed E-state index contributed by atoms with van der Waals surface area (Å²) in [6.45, 7) is 7.40. The molecule has 0 fully saturated rings. The zero-order chi connectivity index (χ0) is 31.0. The highest BCUT2D eigenvalue weighted by atomic mass is 28.4. The SMILES string of the molecule is COc1ccc(CC(N)c2cc(OC)c(OC)cc2CCO[Si](c2ccccc2)(c2ccccc2)C(C)(C)C)cc1OC. The molecule has 0 aliphatic heterocycles. The minimum absolute atomic E-state index is 0.111. The summed E-state index contributed by atoms with van der Waals surface area (Å²) in [6.07, 6.45) is 1.28. The molecule has 0 radical (unpaired) electrons. The lowest BCUT2D eigenvalue weighted by atomic mass is 9.93. The Balaban J connectivity index is 1.69. The maximum Gasteiger partial charge on any atom is 0.261 e. The fraction of sp³-hybridized carbons (Fsp3) is 0.333. The molecule has 1 atom stereocenters. The summed E-state index contributed by atoms with van der Waals surface area (Å²) in [4.78, 5) is 0. The van der Waals surface area contributed by atoms with Gasteiger partial charge in [-0.2, -0.15) is 0 Å². The van der Waals surface area contributed by atoms with E-state index in [0.717, 1.165) is 16.7 Å². The van der Waals surface area contributed by atoms with Crippen LogP contribution in [0.1, 0.15) is 43.5 Å². The van der Waals surface area contributed by atoms with E-state index in [2.05, 4.69) is 81.4 Å². The average molecular weight is 600 g/mol. The highest BCUT2D eigenvalue weighted by molar-refractivity contribution is 6.99. The Hall–Kier alpha value is -3.78. The number of methoxy groups -OCH3 is 4. The van der Waals surface area contributed by atoms with Crippen LogP contribution in [0.15, 0.2) is 91.0 Å². The maximum atomic E-state index is 7.20. The largest absolute Gasteiger partial charge is 0.493 e. The van der Waals surface area contributed by atoms with E-state index in [9.17, 15) is 0 Å². The first-order chi connectivity index (χ1) is 20.7. The van der Waals surface area contributed by atoms with Gasteiger partial charge in [-0.05, 0) is 69.2 Å². The van der Waals surface area contributed by atoms with Crippen molar-refractivity contribution in [2.75, 3.05) is 35.0 Å². The third-order valence-corrected chi connectivity index (χ3v) is 13.1. The van der Waals surface area contributed by atoms with Gasteiger partial charge in [0.25, 0.3) is 8.32 Å². The molecule has 4 aromatic rings. The Morgan fingerprint density at radius 2 is 1.16 bits per heavy atom. The van der Waals surface area contributed by atoms with E-state index in [4.69, 9.17) is 29.1 Å². The van der Waals surface area contributed by atoms with Gasteiger partial charge in [0, 0.05) is 12.6 Å². The topological polar surface area (TPSA) is 72.2 Å². The summed E-state index contributed by atoms with van der Waals surface area (Å²) >= 11 is 0. The number of ether oxygens (including phenoxy) is 4. The summed E-state index contributed by atoms with van der Waals surface area (Å²) in [5, 5.41) is 2.40. The van der Waals surface area contributed by atoms with Gasteiger partial charge in [0.2, 0.25) is 0 Å². The van der Waals surface area contributed by atoms with Gasteiger partial charge >= 0.3 is 0 Å². The van der Waals surface area contributed by atoms with Gasteiger partial charge in [-0.15, -0.1) is 0 Å². The van der Waals surface area contributed by atoms with Gasteiger partial charge < -0.3 is 29.1 Å². The molecule has 0 spiro atoms. The van der Waals surface area contributed by atoms with E-state index in [0.29, 0.717) is 42.4 Å². The molecule has 0 saturated heterocycles. The van der Waals surface area contributed by atoms with Crippen molar-refractivity contribution in [2.24, 2.45) is 5.73 Å². The number of benzene rings is 4. The Kier molecular flexibility index (Phi) is 10.6. The molecule has 0 bridgehead atoms. The predicted octanol–water partition coefficient (Wildman–Crippen LogP) is 6.08. The molecule has 0 aliphatic rings. The molecule has 43 heavy (non-hydrogen) atoms. The standard InChI is InChI=1S/C36H45NO5Si/c1-36(2,3)43(28-14-10-8-11-15-28,29-16-12-9-13-17-29)42-21-20-27-24-34(40-6)35(41-7)25-30(27)31(37)22-26-18-19-32(38-4)33(23-26)39-5/h8-19,23-25,31H,20-22,37H2,1-7H3. The quantitative estimate of drug-likeness (QED) is 0.188. The van der Waals surface area contributed by atoms with Crippen LogP contribution < -0.4 is 35.1 Å². The van der Waals surface area contributed by atoms with E-state index in [1.165, 1.54) is 10.4 Å². The highest BCUT2D eigenvalue weighted by Gasteiger charge is 2.50. The lowest BCUT2D eigenvalue weighted by molar-refractivity contribution is 0.300. The number of hydrogen-bond donors (Lipinski definition) is 1. The van der Waals surface area contributed by atoms with Gasteiger partial charge in [0.1, 0.15) is 0 Å². The van der Waals surface area contributed by atoms with E-state index in [-0.39, 0.29) is 11.1 Å². The average Bonchev–Trinajstić information content (AvgIpc) is 3.02. The third kappa shape index (κ3) is 6.90. The first-order valence-corrected chi connectivity index (χ1v) is 16.6. The van der Waals surface area contributed by atoms with Gasteiger partial charge in [0.05, 0.1) is 28.4 Å². The fourth-order valence-electron chi connectivity index (χ4n) is 5.95. The molecule has 2 N–H and O–H groups in total. The number of rotatable bonds is 13. The zero-order valence-electron chi connectivity index (χ0n) is 26.5. The van der Waals surface area contributed by atoms with Crippen molar-refractivity contribution in [1.29, 1.82) is 0 Å². The van der Waals surface area contributed by atoms with E-state index in [1.54, 1.807) is 28.4 Å². The Morgan fingerprint density at radius 3 is 1.67 bits per heavy atom. The van der Waals surface area contributed by atoms with Crippen molar-refractivity contribution in [3.8, 4) is 23.0 Å². The second-order valence-corrected chi connectivity index (χ2v) is 16.0. The summed E-state index contributed by atoms with van der Waals surface area (Å²) < 4.78 is 29.5. The molecule has 4 rings (SSSR count). The monoisotopic (exact) mass is 599 g/mol. The fourth-order valence-corrected chi connectivity index (χ4v) is 10.5. The molecule has 4 aromatic carbocycles. The summed E-state index contributed by atoms with van der Waals surface area (Å²) in [5.74, 6) is 2.69. The van der Waals surface area contributed by atoms with Gasteiger partial charge in [-0.3, -0.25) is 0 Å². The van der Waals surface area contributed by atoms with Crippen LogP contribution in [-0.2, 0) is 17.3 Å². The van der Waals surface area contributed by atoms with Gasteiger partial charge in [-0.25, -0.2) is 0 Å². The zero-order valence-corrected chi connectivity index (χ0v) is 27.5. The van der Waals surface area contributed by atoms with Crippen LogP contribution in [0.4, 0.5) is 0 Å². The molecular formula is C36H45NO5Si. The van der Waals surface area contributed by atoms with Crippen LogP contribution in [0.3, 0.4) is 0 Å². The molecule has 0 aliphatic carbocycles. The van der Waals surface area contributed by atoms with Crippen LogP contribution in [0.5, 0.6) is 23.0 Å². The van der Waals surface area contributed by atoms with Crippen LogP contribution >= 0.6 is 0 Å². The van der Waals surface area contributed by atoms with Gasteiger partial charge in [-0.1, -0.05) is 87.5 Å². The summed E-state index contributed by atoms with van der Waals surface area (Å²) in [5.41, 5.74) is 10.0. The molecule has 0 aromatic heterocycles. The summed E-state index contributed by atoms with van der Waals surface area (Å²) in [6, 6.07) is 31.1. The minimum Gasteiger partial charge on any atom is -0.493 e. The Bertz CT molecular complexity index is 1430. The molecule has 0 saturated carbocycles.